The fraction of sp³-hybridized carbons (Fsp3) is 0.429. The molecule has 2 atom stereocenters. The number of nitrogens with zero attached hydrogens (tertiary/aromatic N) is 1. The normalized spacial score (nSPS) is 22.6. The Morgan fingerprint density at radius 1 is 1.45 bits per heavy atom. The number of amides is 1. The fourth-order valence-corrected chi connectivity index (χ4v) is 3.15. The molecular formula is C14H17BrN2O3. The zero-order valence-electron chi connectivity index (χ0n) is 11.2. The van der Waals surface area contributed by atoms with E-state index in [2.05, 4.69) is 15.9 Å². The van der Waals surface area contributed by atoms with Crippen molar-refractivity contribution in [3.05, 3.63) is 28.2 Å². The highest BCUT2D eigenvalue weighted by Gasteiger charge is 2.35. The number of hydrogen-bond acceptors (Lipinski definition) is 3. The summed E-state index contributed by atoms with van der Waals surface area (Å²) in [6.45, 7) is 2.54. The first-order chi connectivity index (χ1) is 9.41. The lowest BCUT2D eigenvalue weighted by molar-refractivity contribution is -0.140. The number of nitrogens with two attached hydrogens (primary N) is 1. The number of anilines is 1. The summed E-state index contributed by atoms with van der Waals surface area (Å²) in [5, 5.41) is 9.46. The predicted octanol–water partition coefficient (Wildman–Crippen LogP) is 2.24. The van der Waals surface area contributed by atoms with Crippen LogP contribution in [0.4, 0.5) is 5.69 Å². The van der Waals surface area contributed by atoms with Gasteiger partial charge in [-0.3, -0.25) is 4.79 Å². The van der Waals surface area contributed by atoms with Crippen LogP contribution >= 0.6 is 15.9 Å². The first kappa shape index (κ1) is 14.8. The monoisotopic (exact) mass is 340 g/mol. The topological polar surface area (TPSA) is 83.6 Å². The van der Waals surface area contributed by atoms with E-state index in [0.29, 0.717) is 17.8 Å². The van der Waals surface area contributed by atoms with E-state index in [-0.39, 0.29) is 5.92 Å². The first-order valence-electron chi connectivity index (χ1n) is 6.50. The van der Waals surface area contributed by atoms with Crippen molar-refractivity contribution in [3.8, 4) is 0 Å². The standard InChI is InChI=1S/C14H17BrN2O3/c1-8-3-2-6-17(12(8)14(19)20)11-5-4-9(15)7-10(11)13(16)18/h4-5,7-8,12H,2-3,6H2,1H3,(H2,16,18)(H,19,20). The molecule has 2 rings (SSSR count). The molecule has 0 radical (unpaired) electrons. The minimum Gasteiger partial charge on any atom is -0.480 e. The van der Waals surface area contributed by atoms with Crippen LogP contribution in [0.25, 0.3) is 0 Å². The lowest BCUT2D eigenvalue weighted by Gasteiger charge is -2.39. The SMILES string of the molecule is CC1CCCN(c2ccc(Br)cc2C(N)=O)C1C(=O)O. The second kappa shape index (κ2) is 5.83. The number of hydrogen-bond donors (Lipinski definition) is 2. The number of aliphatic carboxylic acids is 1. The Bertz CT molecular complexity index is 547. The number of piperidine rings is 1. The van der Waals surface area contributed by atoms with Crippen molar-refractivity contribution in [3.63, 3.8) is 0 Å². The highest BCUT2D eigenvalue weighted by Crippen LogP contribution is 2.32. The van der Waals surface area contributed by atoms with Crippen LogP contribution in [0.3, 0.4) is 0 Å². The number of carboxylic acid groups (broad SMARTS) is 1. The smallest absolute Gasteiger partial charge is 0.326 e. The van der Waals surface area contributed by atoms with Gasteiger partial charge >= 0.3 is 5.97 Å². The quantitative estimate of drug-likeness (QED) is 0.883. The van der Waals surface area contributed by atoms with Crippen molar-refractivity contribution in [2.24, 2.45) is 11.7 Å². The molecule has 0 aliphatic carbocycles. The van der Waals surface area contributed by atoms with E-state index in [4.69, 9.17) is 5.73 Å². The molecule has 5 nitrogen and oxygen atoms in total. The van der Waals surface area contributed by atoms with Crippen molar-refractivity contribution >= 4 is 33.5 Å². The average Bonchev–Trinajstić information content (AvgIpc) is 2.37. The molecule has 1 heterocycles. The Balaban J connectivity index is 2.48. The second-order valence-corrected chi connectivity index (χ2v) is 6.04. The van der Waals surface area contributed by atoms with Gasteiger partial charge in [-0.2, -0.15) is 0 Å². The zero-order chi connectivity index (χ0) is 14.9. The number of carbonyl (C=O) groups excluding carboxylic acids is 1. The van der Waals surface area contributed by atoms with Gasteiger partial charge in [0.05, 0.1) is 11.3 Å². The van der Waals surface area contributed by atoms with Crippen LogP contribution in [0.1, 0.15) is 30.1 Å². The van der Waals surface area contributed by atoms with Gasteiger partial charge in [-0.25, -0.2) is 4.79 Å². The van der Waals surface area contributed by atoms with Gasteiger partial charge in [0.1, 0.15) is 6.04 Å². The maximum atomic E-state index is 11.6. The number of benzene rings is 1. The molecule has 1 aliphatic rings. The third kappa shape index (κ3) is 2.80. The van der Waals surface area contributed by atoms with E-state index >= 15 is 0 Å². The van der Waals surface area contributed by atoms with Gasteiger partial charge < -0.3 is 15.7 Å². The first-order valence-corrected chi connectivity index (χ1v) is 7.30. The van der Waals surface area contributed by atoms with E-state index in [1.807, 2.05) is 6.92 Å². The van der Waals surface area contributed by atoms with Crippen LogP contribution in [0.2, 0.25) is 0 Å². The summed E-state index contributed by atoms with van der Waals surface area (Å²) < 4.78 is 0.743. The van der Waals surface area contributed by atoms with Crippen molar-refractivity contribution in [1.29, 1.82) is 0 Å². The van der Waals surface area contributed by atoms with E-state index in [9.17, 15) is 14.7 Å². The number of halogens is 1. The maximum absolute atomic E-state index is 11.6. The van der Waals surface area contributed by atoms with Crippen LogP contribution in [0, 0.1) is 5.92 Å². The van der Waals surface area contributed by atoms with Gasteiger partial charge in [0.25, 0.3) is 5.91 Å². The summed E-state index contributed by atoms with van der Waals surface area (Å²) in [6, 6.07) is 4.55. The van der Waals surface area contributed by atoms with E-state index < -0.39 is 17.9 Å². The van der Waals surface area contributed by atoms with Crippen LogP contribution in [0.15, 0.2) is 22.7 Å². The molecule has 2 unspecified atom stereocenters. The number of primary amides is 1. The molecule has 6 heteroatoms. The molecule has 108 valence electrons. The van der Waals surface area contributed by atoms with Gasteiger partial charge in [-0.1, -0.05) is 22.9 Å². The van der Waals surface area contributed by atoms with E-state index in [1.54, 1.807) is 23.1 Å². The third-order valence-electron chi connectivity index (χ3n) is 3.72. The van der Waals surface area contributed by atoms with Crippen molar-refractivity contribution in [2.45, 2.75) is 25.8 Å². The van der Waals surface area contributed by atoms with Crippen LogP contribution in [-0.2, 0) is 4.79 Å². The van der Waals surface area contributed by atoms with Gasteiger partial charge in [-0.05, 0) is 37.0 Å². The highest BCUT2D eigenvalue weighted by atomic mass is 79.9. The molecule has 1 fully saturated rings. The molecule has 1 aromatic rings. The molecule has 3 N–H and O–H groups in total. The summed E-state index contributed by atoms with van der Waals surface area (Å²) >= 11 is 3.30. The van der Waals surface area contributed by atoms with Crippen LogP contribution < -0.4 is 10.6 Å². The van der Waals surface area contributed by atoms with Gasteiger partial charge in [0, 0.05) is 11.0 Å². The largest absolute Gasteiger partial charge is 0.480 e. The Hall–Kier alpha value is -1.56. The molecular weight excluding hydrogens is 324 g/mol. The Morgan fingerprint density at radius 2 is 2.15 bits per heavy atom. The van der Waals surface area contributed by atoms with Gasteiger partial charge in [-0.15, -0.1) is 0 Å². The summed E-state index contributed by atoms with van der Waals surface area (Å²) in [6.07, 6.45) is 1.77. The lowest BCUT2D eigenvalue weighted by atomic mass is 9.90. The number of carboxylic acids is 1. The van der Waals surface area contributed by atoms with E-state index in [1.165, 1.54) is 0 Å². The molecule has 1 aliphatic heterocycles. The minimum absolute atomic E-state index is 0.0330. The molecule has 0 bridgehead atoms. The molecule has 0 aromatic heterocycles. The molecule has 1 saturated heterocycles. The average molecular weight is 341 g/mol. The van der Waals surface area contributed by atoms with Crippen molar-refractivity contribution in [2.75, 3.05) is 11.4 Å². The molecule has 0 saturated carbocycles. The second-order valence-electron chi connectivity index (χ2n) is 5.12. The molecule has 0 spiro atoms. The zero-order valence-corrected chi connectivity index (χ0v) is 12.8. The molecule has 1 amide bonds. The summed E-state index contributed by atoms with van der Waals surface area (Å²) in [5.74, 6) is -1.38. The minimum atomic E-state index is -0.865. The maximum Gasteiger partial charge on any atom is 0.326 e. The van der Waals surface area contributed by atoms with Gasteiger partial charge in [0.15, 0.2) is 0 Å². The Morgan fingerprint density at radius 3 is 2.75 bits per heavy atom. The highest BCUT2D eigenvalue weighted by molar-refractivity contribution is 9.10. The van der Waals surface area contributed by atoms with Crippen LogP contribution in [-0.4, -0.2) is 29.6 Å². The van der Waals surface area contributed by atoms with Crippen molar-refractivity contribution in [1.82, 2.24) is 0 Å². The number of rotatable bonds is 3. The summed E-state index contributed by atoms with van der Waals surface area (Å²) in [4.78, 5) is 24.9. The van der Waals surface area contributed by atoms with Gasteiger partial charge in [0.2, 0.25) is 0 Å². The Labute approximate surface area is 125 Å². The lowest BCUT2D eigenvalue weighted by Crippen LogP contribution is -2.50. The fourth-order valence-electron chi connectivity index (χ4n) is 2.79. The molecule has 1 aromatic carbocycles. The number of carbonyl (C=O) groups is 2. The predicted molar refractivity (Wildman–Crippen MR) is 79.8 cm³/mol. The molecule has 20 heavy (non-hydrogen) atoms. The van der Waals surface area contributed by atoms with E-state index in [0.717, 1.165) is 17.3 Å². The summed E-state index contributed by atoms with van der Waals surface area (Å²) in [5.41, 5.74) is 6.36. The van der Waals surface area contributed by atoms with Crippen molar-refractivity contribution < 1.29 is 14.7 Å². The Kier molecular flexibility index (Phi) is 4.32. The third-order valence-corrected chi connectivity index (χ3v) is 4.21. The summed E-state index contributed by atoms with van der Waals surface area (Å²) in [7, 11) is 0. The van der Waals surface area contributed by atoms with Crippen LogP contribution in [0.5, 0.6) is 0 Å².